The molecule has 1 rings (SSSR count). The monoisotopic (exact) mass is 147 g/mol. The van der Waals surface area contributed by atoms with Gasteiger partial charge in [-0.25, -0.2) is 0 Å². The van der Waals surface area contributed by atoms with Gasteiger partial charge in [0.1, 0.15) is 6.04 Å². The fourth-order valence-corrected chi connectivity index (χ4v) is 1.24. The van der Waals surface area contributed by atoms with E-state index in [4.69, 9.17) is 6.54 Å². The summed E-state index contributed by atoms with van der Waals surface area (Å²) in [7, 11) is 1.72. The van der Waals surface area contributed by atoms with Crippen LogP contribution in [-0.4, -0.2) is 48.3 Å². The molecule has 0 spiro atoms. The van der Waals surface area contributed by atoms with E-state index in [9.17, 15) is 4.79 Å². The highest BCUT2D eigenvalue weighted by atomic mass is 16.4. The molecule has 1 saturated heterocycles. The van der Waals surface area contributed by atoms with Crippen LogP contribution in [0.4, 0.5) is 0 Å². The van der Waals surface area contributed by atoms with Crippen molar-refractivity contribution < 1.29 is 15.0 Å². The number of likely N-dealkylation sites (tertiary alicyclic amines) is 1. The Morgan fingerprint density at radius 2 is 2.60 bits per heavy atom. The first-order valence-electron chi connectivity index (χ1n) is 3.61. The zero-order chi connectivity index (χ0) is 8.43. The van der Waals surface area contributed by atoms with E-state index in [1.807, 2.05) is 0 Å². The van der Waals surface area contributed by atoms with E-state index >= 15 is 0 Å². The van der Waals surface area contributed by atoms with E-state index in [1.165, 1.54) is 0 Å². The molecule has 1 aliphatic rings. The average molecular weight is 147 g/mol. The van der Waals surface area contributed by atoms with Crippen LogP contribution in [-0.2, 0) is 4.79 Å². The summed E-state index contributed by atoms with van der Waals surface area (Å²) >= 11 is 0. The molecule has 0 bridgehead atoms. The summed E-state index contributed by atoms with van der Waals surface area (Å²) in [5.41, 5.74) is 0. The number of aliphatic hydroxyl groups excluding tert-OH is 1. The van der Waals surface area contributed by atoms with Crippen LogP contribution in [0.3, 0.4) is 0 Å². The standard InChI is InChI=1S/C6H11NO3/c1-7-3-4(8)2-5(7)6(9)10/h4-5,8H,2-3H2,1H3,(H,9,10)/t4-,5?/m1/s1/i8T. The summed E-state index contributed by atoms with van der Waals surface area (Å²) in [6.07, 6.45) is 0.163. The molecular formula is C6H11NO3. The van der Waals surface area contributed by atoms with Crippen LogP contribution in [0.5, 0.6) is 0 Å². The molecule has 2 N–H and O–H groups in total. The number of carboxylic acid groups (broad SMARTS) is 1. The van der Waals surface area contributed by atoms with Crippen LogP contribution in [0.15, 0.2) is 0 Å². The maximum Gasteiger partial charge on any atom is 0.321 e. The van der Waals surface area contributed by atoms with Crippen LogP contribution >= 0.6 is 0 Å². The molecule has 0 saturated carbocycles. The van der Waals surface area contributed by atoms with Crippen molar-refractivity contribution in [1.29, 1.82) is 1.43 Å². The van der Waals surface area contributed by atoms with Gasteiger partial charge in [0.05, 0.1) is 6.10 Å². The summed E-state index contributed by atoms with van der Waals surface area (Å²) in [6.45, 7) is 0.528. The van der Waals surface area contributed by atoms with Crippen molar-refractivity contribution in [2.45, 2.75) is 18.6 Å². The Balaban J connectivity index is 2.51. The average Bonchev–Trinajstić information content (AvgIpc) is 2.30. The van der Waals surface area contributed by atoms with Crippen molar-refractivity contribution in [3.63, 3.8) is 0 Å². The molecule has 0 amide bonds. The third-order valence-electron chi connectivity index (χ3n) is 1.79. The lowest BCUT2D eigenvalue weighted by atomic mass is 10.2. The lowest BCUT2D eigenvalue weighted by molar-refractivity contribution is -0.141. The maximum absolute atomic E-state index is 10.5. The Morgan fingerprint density at radius 3 is 2.90 bits per heavy atom. The van der Waals surface area contributed by atoms with Crippen molar-refractivity contribution in [2.75, 3.05) is 13.6 Å². The number of carboxylic acids is 1. The number of aliphatic carboxylic acids is 1. The van der Waals surface area contributed by atoms with E-state index in [1.54, 1.807) is 11.9 Å². The lowest BCUT2D eigenvalue weighted by Crippen LogP contribution is -2.32. The molecule has 1 aliphatic heterocycles. The molecule has 4 nitrogen and oxygen atoms in total. The number of hydrogen-bond acceptors (Lipinski definition) is 3. The minimum atomic E-state index is -0.841. The van der Waals surface area contributed by atoms with Gasteiger partial charge in [-0.1, -0.05) is 0 Å². The molecule has 0 radical (unpaired) electrons. The number of carbonyl (C=O) groups is 1. The third-order valence-corrected chi connectivity index (χ3v) is 1.79. The molecule has 1 fully saturated rings. The maximum atomic E-state index is 10.5. The molecule has 1 heterocycles. The zero-order valence-corrected chi connectivity index (χ0v) is 5.78. The molecule has 0 aromatic carbocycles. The van der Waals surface area contributed by atoms with Gasteiger partial charge in [0.2, 0.25) is 1.43 Å². The van der Waals surface area contributed by atoms with Crippen molar-refractivity contribution >= 4 is 5.97 Å². The highest BCUT2D eigenvalue weighted by Crippen LogP contribution is 2.14. The normalized spacial score (nSPS) is 35.9. The van der Waals surface area contributed by atoms with Crippen molar-refractivity contribution in [1.82, 2.24) is 4.90 Å². The molecule has 10 heavy (non-hydrogen) atoms. The lowest BCUT2D eigenvalue weighted by Gasteiger charge is -2.12. The minimum absolute atomic E-state index is 0.249. The number of β-amino-alcohol motifs (C(OH)–C–C–N with tert-alkyl or cyclic N) is 1. The predicted octanol–water partition coefficient (Wildman–Crippen LogP) is -0.864. The van der Waals surface area contributed by atoms with Crippen LogP contribution < -0.4 is 0 Å². The van der Waals surface area contributed by atoms with Gasteiger partial charge in [-0.05, 0) is 7.05 Å². The quantitative estimate of drug-likeness (QED) is 0.533. The van der Waals surface area contributed by atoms with E-state index in [0.29, 0.717) is 13.0 Å². The van der Waals surface area contributed by atoms with Gasteiger partial charge < -0.3 is 10.2 Å². The van der Waals surface area contributed by atoms with Gasteiger partial charge in [0.15, 0.2) is 0 Å². The largest absolute Gasteiger partial charge is 0.480 e. The van der Waals surface area contributed by atoms with E-state index in [-0.39, 0.29) is 6.10 Å². The summed E-state index contributed by atoms with van der Waals surface area (Å²) in [5, 5.41) is 12.9. The fourth-order valence-electron chi connectivity index (χ4n) is 1.24. The number of hydrogen-bond donors (Lipinski definition) is 2. The van der Waals surface area contributed by atoms with Gasteiger partial charge in [0.25, 0.3) is 0 Å². The summed E-state index contributed by atoms with van der Waals surface area (Å²) in [4.78, 5) is 12.2. The first-order valence-corrected chi connectivity index (χ1v) is 3.20. The predicted molar refractivity (Wildman–Crippen MR) is 34.7 cm³/mol. The second-order valence-corrected chi connectivity index (χ2v) is 2.65. The smallest absolute Gasteiger partial charge is 0.321 e. The molecule has 2 atom stereocenters. The zero-order valence-electron chi connectivity index (χ0n) is 6.78. The molecular weight excluding hydrogens is 134 g/mol. The van der Waals surface area contributed by atoms with E-state index in [0.717, 1.165) is 0 Å². The number of rotatable bonds is 2. The van der Waals surface area contributed by atoms with Gasteiger partial charge >= 0.3 is 5.97 Å². The van der Waals surface area contributed by atoms with Gasteiger partial charge in [0, 0.05) is 13.0 Å². The number of likely N-dealkylation sites (N-methyl/N-ethyl adjacent to an activating group) is 1. The fraction of sp³-hybridized carbons (Fsp3) is 0.833. The second-order valence-electron chi connectivity index (χ2n) is 2.65. The minimum Gasteiger partial charge on any atom is -0.480 e. The van der Waals surface area contributed by atoms with Crippen molar-refractivity contribution in [3.8, 4) is 0 Å². The van der Waals surface area contributed by atoms with Crippen LogP contribution in [0.1, 0.15) is 6.42 Å². The Morgan fingerprint density at radius 1 is 1.90 bits per heavy atom. The summed E-state index contributed by atoms with van der Waals surface area (Å²) in [5.74, 6) is -0.841. The third kappa shape index (κ3) is 1.27. The Labute approximate surface area is 60.6 Å². The van der Waals surface area contributed by atoms with Gasteiger partial charge in [-0.3, -0.25) is 9.69 Å². The summed E-state index contributed by atoms with van der Waals surface area (Å²) in [6, 6.07) is -0.481. The van der Waals surface area contributed by atoms with Crippen LogP contribution in [0, 0.1) is 0 Å². The molecule has 4 heteroatoms. The first-order chi connectivity index (χ1) is 5.15. The molecule has 0 aromatic rings. The Kier molecular flexibility index (Phi) is 1.56. The SMILES string of the molecule is [3H]O[C@@H]1CC(C(=O)O)N(C)C1. The number of aliphatic hydroxyl groups is 1. The highest BCUT2D eigenvalue weighted by molar-refractivity contribution is 5.73. The van der Waals surface area contributed by atoms with Gasteiger partial charge in [-0.2, -0.15) is 0 Å². The molecule has 0 aromatic heterocycles. The van der Waals surface area contributed by atoms with Crippen LogP contribution in [0.2, 0.25) is 0 Å². The van der Waals surface area contributed by atoms with Gasteiger partial charge in [-0.15, -0.1) is 0 Å². The van der Waals surface area contributed by atoms with Crippen molar-refractivity contribution in [2.24, 2.45) is 0 Å². The summed E-state index contributed by atoms with van der Waals surface area (Å²) < 4.78 is 6.60. The molecule has 1 unspecified atom stereocenters. The van der Waals surface area contributed by atoms with Crippen LogP contribution in [0.25, 0.3) is 0 Å². The van der Waals surface area contributed by atoms with E-state index < -0.39 is 12.0 Å². The molecule has 58 valence electrons. The highest BCUT2D eigenvalue weighted by Gasteiger charge is 2.32. The second kappa shape index (κ2) is 2.56. The van der Waals surface area contributed by atoms with Crippen molar-refractivity contribution in [3.05, 3.63) is 0 Å². The number of nitrogens with zero attached hydrogens (tertiary/aromatic N) is 1. The Bertz CT molecular complexity index is 164. The van der Waals surface area contributed by atoms with E-state index in [2.05, 4.69) is 5.11 Å². The topological polar surface area (TPSA) is 60.8 Å². The first kappa shape index (κ1) is 6.12. The Hall–Kier alpha value is -0.610. The molecule has 0 aliphatic carbocycles.